The van der Waals surface area contributed by atoms with Crippen molar-refractivity contribution in [3.63, 3.8) is 0 Å². The number of amides is 6. The summed E-state index contributed by atoms with van der Waals surface area (Å²) >= 11 is 6.21. The first-order valence-corrected chi connectivity index (χ1v) is 18.9. The molecule has 4 aromatic rings. The lowest BCUT2D eigenvalue weighted by Gasteiger charge is -2.27. The molecule has 0 aliphatic carbocycles. The number of nitrogens with one attached hydrogen (secondary N) is 3. The van der Waals surface area contributed by atoms with E-state index >= 15 is 0 Å². The summed E-state index contributed by atoms with van der Waals surface area (Å²) in [5.41, 5.74) is 3.00. The summed E-state index contributed by atoms with van der Waals surface area (Å²) in [6.45, 7) is 3.76. The van der Waals surface area contributed by atoms with Gasteiger partial charge in [0.2, 0.25) is 17.7 Å². The van der Waals surface area contributed by atoms with Crippen LogP contribution in [0.5, 0.6) is 11.5 Å². The molecule has 18 heteroatoms. The van der Waals surface area contributed by atoms with Crippen LogP contribution in [0.3, 0.4) is 0 Å². The highest BCUT2D eigenvalue weighted by Crippen LogP contribution is 2.37. The summed E-state index contributed by atoms with van der Waals surface area (Å²) in [7, 11) is 1.59. The van der Waals surface area contributed by atoms with Gasteiger partial charge in [-0.05, 0) is 55.8 Å². The number of nitrogens with zero attached hydrogens (tertiary/aromatic N) is 5. The summed E-state index contributed by atoms with van der Waals surface area (Å²) in [4.78, 5) is 82.4. The van der Waals surface area contributed by atoms with Crippen LogP contribution in [0.1, 0.15) is 69.3 Å². The zero-order valence-corrected chi connectivity index (χ0v) is 32.5. The molecule has 3 N–H and O–H groups in total. The molecular formula is C40H39ClN8O9. The smallest absolute Gasteiger partial charge is 0.266 e. The molecule has 6 amide bonds. The van der Waals surface area contributed by atoms with Gasteiger partial charge in [0.25, 0.3) is 17.7 Å². The van der Waals surface area contributed by atoms with E-state index in [2.05, 4.69) is 26.1 Å². The molecule has 1 aromatic heterocycles. The number of carbonyl (C=O) groups is 6. The number of methoxy groups -OCH3 is 1. The largest absolute Gasteiger partial charge is 0.497 e. The fourth-order valence-corrected chi connectivity index (χ4v) is 7.17. The van der Waals surface area contributed by atoms with E-state index in [1.807, 2.05) is 41.8 Å². The molecule has 3 aromatic carbocycles. The number of piperidine rings is 1. The molecule has 1 fully saturated rings. The van der Waals surface area contributed by atoms with Crippen molar-refractivity contribution in [3.8, 4) is 17.2 Å². The van der Waals surface area contributed by atoms with E-state index in [9.17, 15) is 28.8 Å². The second-order valence-electron chi connectivity index (χ2n) is 13.7. The van der Waals surface area contributed by atoms with Gasteiger partial charge in [-0.15, -0.1) is 10.2 Å². The molecule has 58 heavy (non-hydrogen) atoms. The number of carbonyl (C=O) groups excluding carboxylic acids is 6. The van der Waals surface area contributed by atoms with E-state index < -0.39 is 54.1 Å². The van der Waals surface area contributed by atoms with Gasteiger partial charge in [-0.2, -0.15) is 0 Å². The third kappa shape index (κ3) is 7.90. The first-order valence-electron chi connectivity index (χ1n) is 18.5. The number of hydrogen-bond donors (Lipinski definition) is 3. The third-order valence-corrected chi connectivity index (χ3v) is 10.2. The molecule has 3 aliphatic rings. The highest BCUT2D eigenvalue weighted by molar-refractivity contribution is 6.30. The van der Waals surface area contributed by atoms with Gasteiger partial charge in [-0.1, -0.05) is 36.7 Å². The summed E-state index contributed by atoms with van der Waals surface area (Å²) in [5, 5.41) is 17.1. The number of rotatable bonds is 14. The van der Waals surface area contributed by atoms with E-state index in [0.29, 0.717) is 28.1 Å². The Morgan fingerprint density at radius 3 is 2.47 bits per heavy atom. The van der Waals surface area contributed by atoms with Gasteiger partial charge in [-0.25, -0.2) is 0 Å². The predicted octanol–water partition coefficient (Wildman–Crippen LogP) is 2.50. The monoisotopic (exact) mass is 810 g/mol. The Bertz CT molecular complexity index is 2340. The molecule has 3 atom stereocenters. The minimum atomic E-state index is -1.13. The first kappa shape index (κ1) is 39.8. The quantitative estimate of drug-likeness (QED) is 0.124. The summed E-state index contributed by atoms with van der Waals surface area (Å²) in [6.07, 6.45) is 0.00749. The molecule has 17 nitrogen and oxygen atoms in total. The Morgan fingerprint density at radius 1 is 0.966 bits per heavy atom. The zero-order valence-electron chi connectivity index (χ0n) is 31.7. The number of ether oxygens (including phenoxy) is 3. The van der Waals surface area contributed by atoms with Crippen molar-refractivity contribution in [3.05, 3.63) is 99.6 Å². The van der Waals surface area contributed by atoms with Crippen LogP contribution in [0.2, 0.25) is 5.02 Å². The van der Waals surface area contributed by atoms with E-state index in [-0.39, 0.29) is 61.9 Å². The van der Waals surface area contributed by atoms with Crippen molar-refractivity contribution in [2.75, 3.05) is 40.0 Å². The van der Waals surface area contributed by atoms with Crippen molar-refractivity contribution in [1.29, 1.82) is 0 Å². The second kappa shape index (κ2) is 17.0. The fourth-order valence-electron chi connectivity index (χ4n) is 7.05. The molecule has 300 valence electrons. The molecule has 0 radical (unpaired) electrons. The van der Waals surface area contributed by atoms with Gasteiger partial charge in [0.05, 0.1) is 48.8 Å². The van der Waals surface area contributed by atoms with Crippen molar-refractivity contribution in [2.45, 2.75) is 38.8 Å². The van der Waals surface area contributed by atoms with E-state index in [4.69, 9.17) is 30.8 Å². The molecule has 3 aliphatic heterocycles. The van der Waals surface area contributed by atoms with Crippen LogP contribution in [-0.2, 0) is 23.9 Å². The van der Waals surface area contributed by atoms with Crippen LogP contribution in [0.25, 0.3) is 5.69 Å². The second-order valence-corrected chi connectivity index (χ2v) is 14.1. The van der Waals surface area contributed by atoms with Crippen LogP contribution in [0.4, 0.5) is 0 Å². The van der Waals surface area contributed by atoms with Gasteiger partial charge in [0.15, 0.2) is 12.4 Å². The van der Waals surface area contributed by atoms with E-state index in [0.717, 1.165) is 21.7 Å². The normalized spacial score (nSPS) is 17.7. The average Bonchev–Trinajstić information content (AvgIpc) is 3.66. The van der Waals surface area contributed by atoms with Crippen LogP contribution in [-0.4, -0.2) is 107 Å². The number of aliphatic imine (C=N–C) groups is 1. The number of hydrogen-bond acceptors (Lipinski definition) is 12. The Hall–Kier alpha value is -6.46. The molecule has 1 saturated heterocycles. The van der Waals surface area contributed by atoms with Crippen LogP contribution in [0, 0.1) is 12.8 Å². The maximum atomic E-state index is 13.6. The van der Waals surface area contributed by atoms with Crippen molar-refractivity contribution in [1.82, 2.24) is 35.6 Å². The third-order valence-electron chi connectivity index (χ3n) is 9.99. The van der Waals surface area contributed by atoms with Crippen molar-refractivity contribution >= 4 is 52.8 Å². The first-order chi connectivity index (χ1) is 28.0. The molecule has 4 heterocycles. The number of aromatic nitrogens is 3. The molecule has 0 spiro atoms. The minimum absolute atomic E-state index is 0.00767. The molecule has 7 rings (SSSR count). The lowest BCUT2D eigenvalue weighted by Crippen LogP contribution is -2.54. The lowest BCUT2D eigenvalue weighted by atomic mass is 9.98. The van der Waals surface area contributed by atoms with E-state index in [1.54, 1.807) is 26.2 Å². The number of imide groups is 2. The maximum absolute atomic E-state index is 13.6. The predicted molar refractivity (Wildman–Crippen MR) is 207 cm³/mol. The van der Waals surface area contributed by atoms with Crippen molar-refractivity contribution < 1.29 is 43.0 Å². The molecular weight excluding hydrogens is 772 g/mol. The Kier molecular flexibility index (Phi) is 11.6. The molecule has 0 bridgehead atoms. The minimum Gasteiger partial charge on any atom is -0.497 e. The maximum Gasteiger partial charge on any atom is 0.266 e. The highest BCUT2D eigenvalue weighted by atomic mass is 35.5. The number of fused-ring (bicyclic) bond motifs is 4. The zero-order chi connectivity index (χ0) is 41.1. The standard InChI is InChI=1S/C40H39ClN8O9/c1-21(34-36-47-46-22(2)48(36)28-12-11-25(56-3)19-27(28)35(45-34)23-7-9-24(41)10-8-23)37(52)43-16-18-57-17-15-42-32(51)20-58-30-6-4-5-26-33(30)40(55)49(39(26)54)29-13-14-31(50)44-38(29)53/h4-12,19,21,29,34H,13-18,20H2,1-3H3,(H,42,51)(H,43,52)(H,44,50,53)/t21-,29?,34+/m1/s1. The highest BCUT2D eigenvalue weighted by Gasteiger charge is 2.46. The topological polar surface area (TPSA) is 213 Å². The van der Waals surface area contributed by atoms with Gasteiger partial charge in [0.1, 0.15) is 29.4 Å². The summed E-state index contributed by atoms with van der Waals surface area (Å²) < 4.78 is 18.7. The lowest BCUT2D eigenvalue weighted by molar-refractivity contribution is -0.136. The number of aryl methyl sites for hydroxylation is 1. The van der Waals surface area contributed by atoms with Crippen molar-refractivity contribution in [2.24, 2.45) is 10.9 Å². The Morgan fingerprint density at radius 2 is 1.72 bits per heavy atom. The Labute approximate surface area is 337 Å². The SMILES string of the molecule is COc1ccc2c(c1)C(c1ccc(Cl)cc1)=N[C@@H]([C@@H](C)C(=O)NCCOCCNC(=O)COc1cccc3c1C(=O)N(C1CCC(=O)NC1=O)C3=O)c1nnc(C)n1-2. The Balaban J connectivity index is 0.903. The number of benzene rings is 3. The average molecular weight is 811 g/mol. The molecule has 1 unspecified atom stereocenters. The summed E-state index contributed by atoms with van der Waals surface area (Å²) in [6, 6.07) is 15.5. The van der Waals surface area contributed by atoms with Crippen LogP contribution in [0.15, 0.2) is 65.7 Å². The van der Waals surface area contributed by atoms with Crippen LogP contribution >= 0.6 is 11.6 Å². The molecule has 0 saturated carbocycles. The van der Waals surface area contributed by atoms with Gasteiger partial charge < -0.3 is 24.8 Å². The van der Waals surface area contributed by atoms with Gasteiger partial charge in [-0.3, -0.25) is 48.5 Å². The van der Waals surface area contributed by atoms with Gasteiger partial charge in [0, 0.05) is 35.7 Å². The van der Waals surface area contributed by atoms with Crippen LogP contribution < -0.4 is 25.4 Å². The summed E-state index contributed by atoms with van der Waals surface area (Å²) in [5.74, 6) is -2.28. The number of halogens is 1. The van der Waals surface area contributed by atoms with Gasteiger partial charge >= 0.3 is 0 Å². The van der Waals surface area contributed by atoms with E-state index in [1.165, 1.54) is 18.2 Å². The fraction of sp³-hybridized carbons (Fsp3) is 0.325.